The number of rotatable bonds is 5. The van der Waals surface area contributed by atoms with Gasteiger partial charge in [0.25, 0.3) is 0 Å². The Kier molecular flexibility index (Phi) is 4.24. The van der Waals surface area contributed by atoms with Crippen molar-refractivity contribution in [2.45, 2.75) is 12.1 Å². The third-order valence-corrected chi connectivity index (χ3v) is 1.17. The molecule has 0 rings (SSSR count). The van der Waals surface area contributed by atoms with Crippen molar-refractivity contribution in [1.29, 1.82) is 0 Å². The maximum Gasteiger partial charge on any atom is 0.309 e. The molecule has 0 aromatic heterocycles. The van der Waals surface area contributed by atoms with Crippen LogP contribution in [0.25, 0.3) is 0 Å². The SMILES string of the molecule is C=CC(N)C(C=C)N[C]=O. The second kappa shape index (κ2) is 4.76. The molecule has 0 spiro atoms. The molecule has 0 aliphatic rings. The molecule has 0 saturated heterocycles. The van der Waals surface area contributed by atoms with Crippen LogP contribution < -0.4 is 11.1 Å². The lowest BCUT2D eigenvalue weighted by molar-refractivity contribution is 0.525. The Bertz CT molecular complexity index is 134. The first kappa shape index (κ1) is 8.91. The van der Waals surface area contributed by atoms with E-state index < -0.39 is 0 Å². The lowest BCUT2D eigenvalue weighted by Gasteiger charge is -2.14. The highest BCUT2D eigenvalue weighted by Crippen LogP contribution is 1.90. The maximum absolute atomic E-state index is 9.82. The second-order valence-corrected chi connectivity index (χ2v) is 1.82. The molecule has 0 aliphatic heterocycles. The van der Waals surface area contributed by atoms with E-state index >= 15 is 0 Å². The zero-order valence-corrected chi connectivity index (χ0v) is 5.71. The summed E-state index contributed by atoms with van der Waals surface area (Å²) in [6, 6.07) is -0.561. The summed E-state index contributed by atoms with van der Waals surface area (Å²) < 4.78 is 0. The molecule has 10 heavy (non-hydrogen) atoms. The Hall–Kier alpha value is -1.09. The van der Waals surface area contributed by atoms with Gasteiger partial charge in [-0.3, -0.25) is 4.79 Å². The minimum absolute atomic E-state index is 0.269. The molecule has 55 valence electrons. The van der Waals surface area contributed by atoms with Gasteiger partial charge in [0.2, 0.25) is 0 Å². The van der Waals surface area contributed by atoms with E-state index in [1.54, 1.807) is 0 Å². The Morgan fingerprint density at radius 3 is 2.40 bits per heavy atom. The first-order valence-electron chi connectivity index (χ1n) is 2.89. The molecule has 0 fully saturated rings. The first-order valence-corrected chi connectivity index (χ1v) is 2.89. The Balaban J connectivity index is 3.90. The topological polar surface area (TPSA) is 55.1 Å². The molecular formula is C7H11N2O. The average molecular weight is 139 g/mol. The predicted molar refractivity (Wildman–Crippen MR) is 41.0 cm³/mol. The van der Waals surface area contributed by atoms with Crippen LogP contribution in [0, 0.1) is 0 Å². The van der Waals surface area contributed by atoms with Gasteiger partial charge in [-0.25, -0.2) is 0 Å². The van der Waals surface area contributed by atoms with E-state index in [1.807, 2.05) is 0 Å². The fourth-order valence-corrected chi connectivity index (χ4v) is 0.527. The third-order valence-electron chi connectivity index (χ3n) is 1.17. The van der Waals surface area contributed by atoms with Gasteiger partial charge in [0.15, 0.2) is 0 Å². The van der Waals surface area contributed by atoms with Crippen LogP contribution in [-0.2, 0) is 4.79 Å². The number of hydrogen-bond donors (Lipinski definition) is 2. The lowest BCUT2D eigenvalue weighted by atomic mass is 10.1. The van der Waals surface area contributed by atoms with Crippen LogP contribution in [0.2, 0.25) is 0 Å². The van der Waals surface area contributed by atoms with Crippen LogP contribution in [0.1, 0.15) is 0 Å². The van der Waals surface area contributed by atoms with Gasteiger partial charge in [0.05, 0.1) is 6.04 Å². The summed E-state index contributed by atoms with van der Waals surface area (Å²) in [4.78, 5) is 9.82. The van der Waals surface area contributed by atoms with Crippen molar-refractivity contribution in [2.24, 2.45) is 5.73 Å². The van der Waals surface area contributed by atoms with E-state index in [1.165, 1.54) is 18.6 Å². The molecule has 3 N–H and O–H groups in total. The standard InChI is InChI=1S/C7H11N2O/c1-3-6(8)7(4-2)9-5-10/h3-4,6-7H,1-2,8H2,(H,9,10). The van der Waals surface area contributed by atoms with Gasteiger partial charge >= 0.3 is 6.41 Å². The molecule has 3 heteroatoms. The number of nitrogens with one attached hydrogen (secondary N) is 1. The van der Waals surface area contributed by atoms with Gasteiger partial charge < -0.3 is 11.1 Å². The van der Waals surface area contributed by atoms with E-state index in [0.29, 0.717) is 0 Å². The van der Waals surface area contributed by atoms with Crippen molar-refractivity contribution >= 4 is 6.41 Å². The fourth-order valence-electron chi connectivity index (χ4n) is 0.527. The highest BCUT2D eigenvalue weighted by Gasteiger charge is 2.08. The number of hydrogen-bond acceptors (Lipinski definition) is 2. The third kappa shape index (κ3) is 2.46. The molecular weight excluding hydrogens is 128 g/mol. The van der Waals surface area contributed by atoms with E-state index in [-0.39, 0.29) is 12.1 Å². The second-order valence-electron chi connectivity index (χ2n) is 1.82. The highest BCUT2D eigenvalue weighted by molar-refractivity contribution is 5.48. The normalized spacial score (nSPS) is 14.9. The Labute approximate surface area is 60.6 Å². The Morgan fingerprint density at radius 1 is 1.50 bits per heavy atom. The molecule has 0 aromatic carbocycles. The lowest BCUT2D eigenvalue weighted by Crippen LogP contribution is -2.41. The van der Waals surface area contributed by atoms with Crippen molar-refractivity contribution in [3.05, 3.63) is 25.3 Å². The van der Waals surface area contributed by atoms with Crippen molar-refractivity contribution in [3.63, 3.8) is 0 Å². The van der Waals surface area contributed by atoms with Crippen LogP contribution in [0.3, 0.4) is 0 Å². The van der Waals surface area contributed by atoms with Gasteiger partial charge in [0, 0.05) is 6.04 Å². The van der Waals surface area contributed by atoms with Gasteiger partial charge in [-0.2, -0.15) is 0 Å². The molecule has 3 nitrogen and oxygen atoms in total. The fraction of sp³-hybridized carbons (Fsp3) is 0.286. The zero-order chi connectivity index (χ0) is 7.98. The average Bonchev–Trinajstić information content (AvgIpc) is 1.99. The summed E-state index contributed by atoms with van der Waals surface area (Å²) in [5.41, 5.74) is 5.48. The summed E-state index contributed by atoms with van der Waals surface area (Å²) in [7, 11) is 0. The molecule has 2 atom stereocenters. The monoisotopic (exact) mass is 139 g/mol. The van der Waals surface area contributed by atoms with Gasteiger partial charge in [0.1, 0.15) is 0 Å². The van der Waals surface area contributed by atoms with Gasteiger partial charge in [-0.15, -0.1) is 13.2 Å². The molecule has 0 heterocycles. The maximum atomic E-state index is 9.82. The smallest absolute Gasteiger partial charge is 0.309 e. The van der Waals surface area contributed by atoms with Gasteiger partial charge in [-0.05, 0) is 0 Å². The largest absolute Gasteiger partial charge is 0.340 e. The van der Waals surface area contributed by atoms with Crippen LogP contribution in [0.15, 0.2) is 25.3 Å². The minimum atomic E-state index is -0.293. The highest BCUT2D eigenvalue weighted by atomic mass is 16.1. The van der Waals surface area contributed by atoms with E-state index in [2.05, 4.69) is 18.5 Å². The molecule has 2 unspecified atom stereocenters. The molecule has 0 aromatic rings. The molecule has 1 amide bonds. The minimum Gasteiger partial charge on any atom is -0.340 e. The number of nitrogens with two attached hydrogens (primary N) is 1. The van der Waals surface area contributed by atoms with Crippen molar-refractivity contribution in [1.82, 2.24) is 5.32 Å². The summed E-state index contributed by atoms with van der Waals surface area (Å²) >= 11 is 0. The first-order chi connectivity index (χ1) is 4.76. The van der Waals surface area contributed by atoms with Crippen LogP contribution in [-0.4, -0.2) is 18.5 Å². The summed E-state index contributed by atoms with van der Waals surface area (Å²) in [6.07, 6.45) is 4.61. The van der Waals surface area contributed by atoms with E-state index in [0.717, 1.165) is 0 Å². The number of carbonyl (C=O) groups excluding carboxylic acids is 1. The Morgan fingerprint density at radius 2 is 2.10 bits per heavy atom. The molecule has 1 radical (unpaired) electrons. The van der Waals surface area contributed by atoms with Gasteiger partial charge in [-0.1, -0.05) is 12.2 Å². The number of amides is 1. The molecule has 0 bridgehead atoms. The van der Waals surface area contributed by atoms with E-state index in [9.17, 15) is 4.79 Å². The molecule has 0 saturated carbocycles. The van der Waals surface area contributed by atoms with Crippen LogP contribution >= 0.6 is 0 Å². The predicted octanol–water partition coefficient (Wildman–Crippen LogP) is -0.289. The van der Waals surface area contributed by atoms with E-state index in [4.69, 9.17) is 5.73 Å². The molecule has 0 aliphatic carbocycles. The summed E-state index contributed by atoms with van der Waals surface area (Å²) in [5, 5.41) is 2.36. The van der Waals surface area contributed by atoms with Crippen molar-refractivity contribution in [2.75, 3.05) is 0 Å². The van der Waals surface area contributed by atoms with Crippen molar-refractivity contribution in [3.8, 4) is 0 Å². The van der Waals surface area contributed by atoms with Crippen LogP contribution in [0.5, 0.6) is 0 Å². The summed E-state index contributed by atoms with van der Waals surface area (Å²) in [6.45, 7) is 6.95. The quantitative estimate of drug-likeness (QED) is 0.406. The van der Waals surface area contributed by atoms with Crippen LogP contribution in [0.4, 0.5) is 0 Å². The zero-order valence-electron chi connectivity index (χ0n) is 5.71. The van der Waals surface area contributed by atoms with Crippen molar-refractivity contribution < 1.29 is 4.79 Å². The summed E-state index contributed by atoms with van der Waals surface area (Å²) in [5.74, 6) is 0.